The van der Waals surface area contributed by atoms with Gasteiger partial charge in [0.1, 0.15) is 0 Å². The van der Waals surface area contributed by atoms with Gasteiger partial charge in [0.05, 0.1) is 19.3 Å². The van der Waals surface area contributed by atoms with Gasteiger partial charge in [-0.3, -0.25) is 4.79 Å². The second-order valence-corrected chi connectivity index (χ2v) is 3.68. The lowest BCUT2D eigenvalue weighted by atomic mass is 10.2. The molecule has 1 aliphatic heterocycles. The van der Waals surface area contributed by atoms with Crippen LogP contribution in [0.15, 0.2) is 0 Å². The molecule has 1 unspecified atom stereocenters. The molecule has 0 spiro atoms. The number of morpholine rings is 1. The molecule has 1 aliphatic rings. The molecule has 1 heterocycles. The van der Waals surface area contributed by atoms with Crippen LogP contribution in [0.5, 0.6) is 0 Å². The Morgan fingerprint density at radius 1 is 1.50 bits per heavy atom. The number of ether oxygens (including phenoxy) is 1. The van der Waals surface area contributed by atoms with Crippen LogP contribution in [0.3, 0.4) is 0 Å². The van der Waals surface area contributed by atoms with Crippen LogP contribution >= 0.6 is 0 Å². The second-order valence-electron chi connectivity index (χ2n) is 3.68. The number of nitrogens with zero attached hydrogens (tertiary/aromatic N) is 1. The van der Waals surface area contributed by atoms with Crippen molar-refractivity contribution in [3.63, 3.8) is 0 Å². The zero-order valence-corrected chi connectivity index (χ0v) is 8.70. The van der Waals surface area contributed by atoms with E-state index in [-0.39, 0.29) is 18.6 Å². The number of rotatable bonds is 4. The van der Waals surface area contributed by atoms with Gasteiger partial charge in [-0.1, -0.05) is 0 Å². The van der Waals surface area contributed by atoms with Gasteiger partial charge in [-0.2, -0.15) is 0 Å². The number of carbonyl (C=O) groups excluding carboxylic acids is 1. The number of hydrogen-bond donors (Lipinski definition) is 0. The summed E-state index contributed by atoms with van der Waals surface area (Å²) >= 11 is 0. The largest absolute Gasteiger partial charge is 0.375 e. The molecular formula is C10H18NO3. The first-order valence-corrected chi connectivity index (χ1v) is 5.21. The van der Waals surface area contributed by atoms with Gasteiger partial charge < -0.3 is 9.64 Å². The molecule has 0 saturated carbocycles. The summed E-state index contributed by atoms with van der Waals surface area (Å²) in [5.74, 6) is 0.161. The van der Waals surface area contributed by atoms with E-state index < -0.39 is 0 Å². The summed E-state index contributed by atoms with van der Waals surface area (Å²) in [5, 5.41) is 10.2. The van der Waals surface area contributed by atoms with E-state index >= 15 is 0 Å². The van der Waals surface area contributed by atoms with E-state index in [1.54, 1.807) is 0 Å². The number of unbranched alkanes of at least 4 members (excludes halogenated alkanes) is 1. The van der Waals surface area contributed by atoms with Crippen LogP contribution in [0.4, 0.5) is 0 Å². The number of carbonyl (C=O) groups is 1. The summed E-state index contributed by atoms with van der Waals surface area (Å²) in [6.45, 7) is 3.91. The first kappa shape index (κ1) is 11.5. The molecule has 81 valence electrons. The standard InChI is InChI=1S/C10H18NO3/c1-9-8-11(5-7-14-9)10(13)4-2-3-6-12/h9H,2-8H2,1H3. The zero-order valence-electron chi connectivity index (χ0n) is 8.70. The van der Waals surface area contributed by atoms with Crippen LogP contribution in [0.25, 0.3) is 0 Å². The number of hydrogen-bond acceptors (Lipinski definition) is 2. The third kappa shape index (κ3) is 3.64. The van der Waals surface area contributed by atoms with Crippen LogP contribution in [-0.4, -0.2) is 43.2 Å². The minimum atomic E-state index is -0.0766. The van der Waals surface area contributed by atoms with Crippen molar-refractivity contribution in [2.45, 2.75) is 32.3 Å². The first-order valence-electron chi connectivity index (χ1n) is 5.21. The molecule has 0 aromatic heterocycles. The van der Waals surface area contributed by atoms with Gasteiger partial charge in [-0.25, -0.2) is 5.11 Å². The summed E-state index contributed by atoms with van der Waals surface area (Å²) in [4.78, 5) is 13.4. The van der Waals surface area contributed by atoms with Crippen molar-refractivity contribution in [3.8, 4) is 0 Å². The molecule has 0 aliphatic carbocycles. The van der Waals surface area contributed by atoms with E-state index in [9.17, 15) is 9.90 Å². The highest BCUT2D eigenvalue weighted by atomic mass is 16.5. The van der Waals surface area contributed by atoms with E-state index in [0.29, 0.717) is 39.0 Å². The molecule has 0 aromatic carbocycles. The van der Waals surface area contributed by atoms with Gasteiger partial charge >= 0.3 is 0 Å². The lowest BCUT2D eigenvalue weighted by Gasteiger charge is -2.31. The van der Waals surface area contributed by atoms with Crippen molar-refractivity contribution in [3.05, 3.63) is 0 Å². The third-order valence-electron chi connectivity index (χ3n) is 2.38. The Labute approximate surface area is 84.8 Å². The van der Waals surface area contributed by atoms with Gasteiger partial charge in [0, 0.05) is 19.5 Å². The molecule has 1 atom stereocenters. The molecule has 1 rings (SSSR count). The highest BCUT2D eigenvalue weighted by molar-refractivity contribution is 5.76. The number of amides is 1. The maximum absolute atomic E-state index is 11.6. The normalized spacial score (nSPS) is 22.4. The monoisotopic (exact) mass is 200 g/mol. The van der Waals surface area contributed by atoms with E-state index in [0.717, 1.165) is 0 Å². The zero-order chi connectivity index (χ0) is 10.4. The predicted molar refractivity (Wildman–Crippen MR) is 51.4 cm³/mol. The Balaban J connectivity index is 2.22. The fourth-order valence-electron chi connectivity index (χ4n) is 1.58. The van der Waals surface area contributed by atoms with Crippen molar-refractivity contribution in [2.75, 3.05) is 26.3 Å². The fourth-order valence-corrected chi connectivity index (χ4v) is 1.58. The van der Waals surface area contributed by atoms with Crippen molar-refractivity contribution >= 4 is 5.91 Å². The molecule has 1 amide bonds. The summed E-state index contributed by atoms with van der Waals surface area (Å²) in [6, 6.07) is 0. The lowest BCUT2D eigenvalue weighted by Crippen LogP contribution is -2.44. The van der Waals surface area contributed by atoms with Gasteiger partial charge in [-0.15, -0.1) is 0 Å². The minimum Gasteiger partial charge on any atom is -0.375 e. The Hall–Kier alpha value is -0.610. The van der Waals surface area contributed by atoms with E-state index in [1.807, 2.05) is 11.8 Å². The molecule has 14 heavy (non-hydrogen) atoms. The predicted octanol–water partition coefficient (Wildman–Crippen LogP) is 0.835. The summed E-state index contributed by atoms with van der Waals surface area (Å²) in [5.41, 5.74) is 0. The van der Waals surface area contributed by atoms with Gasteiger partial charge in [0.25, 0.3) is 0 Å². The molecule has 4 nitrogen and oxygen atoms in total. The summed E-state index contributed by atoms with van der Waals surface area (Å²) < 4.78 is 5.34. The minimum absolute atomic E-state index is 0.0766. The van der Waals surface area contributed by atoms with Gasteiger partial charge in [-0.05, 0) is 19.8 Å². The third-order valence-corrected chi connectivity index (χ3v) is 2.38. The average molecular weight is 200 g/mol. The van der Waals surface area contributed by atoms with E-state index in [1.165, 1.54) is 0 Å². The smallest absolute Gasteiger partial charge is 0.222 e. The summed E-state index contributed by atoms with van der Waals surface area (Å²) in [7, 11) is 0. The fraction of sp³-hybridized carbons (Fsp3) is 0.900. The van der Waals surface area contributed by atoms with Gasteiger partial charge in [0.15, 0.2) is 0 Å². The van der Waals surface area contributed by atoms with E-state index in [4.69, 9.17) is 4.74 Å². The Morgan fingerprint density at radius 2 is 2.29 bits per heavy atom. The Bertz CT molecular complexity index is 184. The first-order chi connectivity index (χ1) is 6.74. The van der Waals surface area contributed by atoms with Crippen LogP contribution in [0, 0.1) is 0 Å². The maximum Gasteiger partial charge on any atom is 0.222 e. The van der Waals surface area contributed by atoms with Crippen molar-refractivity contribution in [1.29, 1.82) is 0 Å². The topological polar surface area (TPSA) is 49.4 Å². The Kier molecular flexibility index (Phi) is 4.90. The maximum atomic E-state index is 11.6. The summed E-state index contributed by atoms with van der Waals surface area (Å²) in [6.07, 6.45) is 1.97. The van der Waals surface area contributed by atoms with Crippen molar-refractivity contribution in [2.24, 2.45) is 0 Å². The van der Waals surface area contributed by atoms with Crippen LogP contribution in [0.2, 0.25) is 0 Å². The molecule has 1 fully saturated rings. The van der Waals surface area contributed by atoms with Crippen LogP contribution < -0.4 is 0 Å². The molecule has 0 aromatic rings. The second kappa shape index (κ2) is 5.98. The molecule has 1 saturated heterocycles. The SMILES string of the molecule is CC1CN(C(=O)CCCC[O])CCO1. The van der Waals surface area contributed by atoms with Crippen LogP contribution in [0.1, 0.15) is 26.2 Å². The van der Waals surface area contributed by atoms with Crippen molar-refractivity contribution in [1.82, 2.24) is 4.90 Å². The molecule has 0 bridgehead atoms. The molecule has 1 radical (unpaired) electrons. The lowest BCUT2D eigenvalue weighted by molar-refractivity contribution is -0.138. The highest BCUT2D eigenvalue weighted by Crippen LogP contribution is 2.07. The van der Waals surface area contributed by atoms with Crippen molar-refractivity contribution < 1.29 is 14.6 Å². The molecule has 0 N–H and O–H groups in total. The average Bonchev–Trinajstić information content (AvgIpc) is 2.18. The quantitative estimate of drug-likeness (QED) is 0.631. The Morgan fingerprint density at radius 3 is 2.93 bits per heavy atom. The van der Waals surface area contributed by atoms with Crippen LogP contribution in [-0.2, 0) is 14.6 Å². The van der Waals surface area contributed by atoms with Gasteiger partial charge in [0.2, 0.25) is 5.91 Å². The molecular weight excluding hydrogens is 182 g/mol. The van der Waals surface area contributed by atoms with E-state index in [2.05, 4.69) is 0 Å². The highest BCUT2D eigenvalue weighted by Gasteiger charge is 2.20. The molecule has 4 heteroatoms.